The van der Waals surface area contributed by atoms with Crippen molar-refractivity contribution in [3.8, 4) is 0 Å². The SMILES string of the molecule is CN=C(/C(=N\OCc1cccc(NC(=O)CCOC)n1)C1=CC=CCC1)N(C)N(C)N. The number of aliphatic imine (C=N–C) groups is 1. The Morgan fingerprint density at radius 2 is 2.16 bits per heavy atom. The molecule has 0 fully saturated rings. The highest BCUT2D eigenvalue weighted by atomic mass is 16.6. The first-order valence-corrected chi connectivity index (χ1v) is 9.96. The van der Waals surface area contributed by atoms with Crippen molar-refractivity contribution in [2.24, 2.45) is 16.0 Å². The van der Waals surface area contributed by atoms with Crippen LogP contribution in [0.15, 0.2) is 52.1 Å². The number of carbonyl (C=O) groups is 1. The van der Waals surface area contributed by atoms with Crippen molar-refractivity contribution in [3.05, 3.63) is 47.7 Å². The number of oxime groups is 1. The van der Waals surface area contributed by atoms with E-state index in [1.165, 1.54) is 5.12 Å². The second kappa shape index (κ2) is 12.6. The third-order valence-electron chi connectivity index (χ3n) is 4.50. The first kappa shape index (κ1) is 24.2. The van der Waals surface area contributed by atoms with Crippen LogP contribution >= 0.6 is 0 Å². The minimum atomic E-state index is -0.164. The van der Waals surface area contributed by atoms with Gasteiger partial charge in [0, 0.05) is 28.3 Å². The fraction of sp³-hybridized carbons (Fsp3) is 0.429. The van der Waals surface area contributed by atoms with Gasteiger partial charge in [-0.1, -0.05) is 29.5 Å². The smallest absolute Gasteiger partial charge is 0.227 e. The predicted molar refractivity (Wildman–Crippen MR) is 121 cm³/mol. The molecule has 0 aliphatic heterocycles. The number of nitrogens with two attached hydrogens (primary N) is 1. The summed E-state index contributed by atoms with van der Waals surface area (Å²) in [7, 11) is 6.75. The first-order chi connectivity index (χ1) is 15.0. The molecule has 1 aromatic heterocycles. The first-order valence-electron chi connectivity index (χ1n) is 9.96. The normalized spacial score (nSPS) is 14.5. The summed E-state index contributed by atoms with van der Waals surface area (Å²) in [5.74, 6) is 6.75. The number of rotatable bonds is 10. The molecule has 0 atom stereocenters. The molecule has 1 heterocycles. The van der Waals surface area contributed by atoms with E-state index in [1.54, 1.807) is 51.5 Å². The Hall–Kier alpha value is -3.08. The highest BCUT2D eigenvalue weighted by Gasteiger charge is 2.21. The number of hydrazine groups is 2. The molecular weight excluding hydrogens is 398 g/mol. The summed E-state index contributed by atoms with van der Waals surface area (Å²) >= 11 is 0. The molecule has 10 heteroatoms. The molecule has 2 rings (SSSR count). The van der Waals surface area contributed by atoms with Gasteiger partial charge in [0.2, 0.25) is 5.91 Å². The molecular formula is C21H31N7O3. The number of amides is 1. The van der Waals surface area contributed by atoms with E-state index in [1.807, 2.05) is 12.2 Å². The molecule has 0 radical (unpaired) electrons. The Kier molecular flexibility index (Phi) is 9.82. The molecule has 1 aliphatic carbocycles. The van der Waals surface area contributed by atoms with Crippen molar-refractivity contribution in [1.82, 2.24) is 15.1 Å². The van der Waals surface area contributed by atoms with Crippen molar-refractivity contribution in [1.29, 1.82) is 0 Å². The summed E-state index contributed by atoms with van der Waals surface area (Å²) in [6.07, 6.45) is 8.08. The monoisotopic (exact) mass is 429 g/mol. The second-order valence-corrected chi connectivity index (χ2v) is 6.82. The fourth-order valence-electron chi connectivity index (χ4n) is 2.79. The molecule has 0 spiro atoms. The van der Waals surface area contributed by atoms with Gasteiger partial charge >= 0.3 is 0 Å². The molecule has 0 aromatic carbocycles. The molecule has 168 valence electrons. The number of methoxy groups -OCH3 is 1. The summed E-state index contributed by atoms with van der Waals surface area (Å²) < 4.78 is 4.91. The van der Waals surface area contributed by atoms with Crippen LogP contribution in [0.2, 0.25) is 0 Å². The van der Waals surface area contributed by atoms with Gasteiger partial charge in [0.05, 0.1) is 18.7 Å². The van der Waals surface area contributed by atoms with E-state index in [4.69, 9.17) is 15.4 Å². The molecule has 1 aliphatic rings. The highest BCUT2D eigenvalue weighted by molar-refractivity contribution is 6.47. The minimum Gasteiger partial charge on any atom is -0.389 e. The van der Waals surface area contributed by atoms with E-state index in [0.717, 1.165) is 18.4 Å². The Morgan fingerprint density at radius 3 is 2.81 bits per heavy atom. The van der Waals surface area contributed by atoms with Crippen LogP contribution in [0.25, 0.3) is 0 Å². The average Bonchev–Trinajstić information content (AvgIpc) is 2.77. The number of nitrogens with one attached hydrogen (secondary N) is 1. The van der Waals surface area contributed by atoms with E-state index >= 15 is 0 Å². The van der Waals surface area contributed by atoms with Gasteiger partial charge in [-0.2, -0.15) is 5.12 Å². The van der Waals surface area contributed by atoms with Crippen molar-refractivity contribution < 1.29 is 14.4 Å². The Balaban J connectivity index is 2.14. The number of anilines is 1. The lowest BCUT2D eigenvalue weighted by atomic mass is 9.99. The third kappa shape index (κ3) is 7.59. The number of ether oxygens (including phenoxy) is 1. The topological polar surface area (TPSA) is 118 Å². The summed E-state index contributed by atoms with van der Waals surface area (Å²) in [5.41, 5.74) is 2.24. The summed E-state index contributed by atoms with van der Waals surface area (Å²) in [5, 5.41) is 10.2. The van der Waals surface area contributed by atoms with Crippen LogP contribution in [0.3, 0.4) is 0 Å². The molecule has 0 unspecified atom stereocenters. The zero-order valence-electron chi connectivity index (χ0n) is 18.5. The van der Waals surface area contributed by atoms with Crippen LogP contribution in [0.4, 0.5) is 5.82 Å². The predicted octanol–water partition coefficient (Wildman–Crippen LogP) is 1.89. The summed E-state index contributed by atoms with van der Waals surface area (Å²) in [6, 6.07) is 5.32. The molecule has 0 saturated carbocycles. The maximum atomic E-state index is 11.9. The van der Waals surface area contributed by atoms with Crippen LogP contribution in [-0.4, -0.2) is 67.4 Å². The Bertz CT molecular complexity index is 862. The molecule has 1 aromatic rings. The van der Waals surface area contributed by atoms with E-state index in [9.17, 15) is 4.79 Å². The van der Waals surface area contributed by atoms with Gasteiger partial charge in [0.15, 0.2) is 12.4 Å². The fourth-order valence-corrected chi connectivity index (χ4v) is 2.79. The van der Waals surface area contributed by atoms with E-state index in [2.05, 4.69) is 26.5 Å². The van der Waals surface area contributed by atoms with E-state index < -0.39 is 0 Å². The van der Waals surface area contributed by atoms with Gasteiger partial charge in [-0.3, -0.25) is 20.6 Å². The molecule has 3 N–H and O–H groups in total. The molecule has 0 bridgehead atoms. The second-order valence-electron chi connectivity index (χ2n) is 6.82. The van der Waals surface area contributed by atoms with Crippen LogP contribution in [0.5, 0.6) is 0 Å². The standard InChI is InChI=1S/C21H31N7O3/c1-23-21(27(2)28(3)22)20(16-9-6-5-7-10-16)26-31-15-17-11-8-12-18(24-17)25-19(29)13-14-30-4/h5-6,8-9,11-12H,7,10,13-15,22H2,1-4H3,(H,24,25,29)/b23-21?,26-20-. The molecule has 31 heavy (non-hydrogen) atoms. The number of nitrogens with zero attached hydrogens (tertiary/aromatic N) is 5. The van der Waals surface area contributed by atoms with E-state index in [0.29, 0.717) is 29.7 Å². The molecule has 10 nitrogen and oxygen atoms in total. The third-order valence-corrected chi connectivity index (χ3v) is 4.50. The van der Waals surface area contributed by atoms with Crippen LogP contribution < -0.4 is 11.2 Å². The number of amidine groups is 1. The number of carbonyl (C=O) groups excluding carboxylic acids is 1. The lowest BCUT2D eigenvalue weighted by Crippen LogP contribution is -2.48. The van der Waals surface area contributed by atoms with Crippen LogP contribution in [0.1, 0.15) is 25.0 Å². The lowest BCUT2D eigenvalue weighted by Gasteiger charge is -2.28. The Morgan fingerprint density at radius 1 is 1.35 bits per heavy atom. The van der Waals surface area contributed by atoms with Crippen LogP contribution in [-0.2, 0) is 21.0 Å². The number of hydrogen-bond donors (Lipinski definition) is 2. The van der Waals surface area contributed by atoms with Gasteiger partial charge in [-0.05, 0) is 30.5 Å². The van der Waals surface area contributed by atoms with Gasteiger partial charge in [0.1, 0.15) is 11.5 Å². The van der Waals surface area contributed by atoms with Gasteiger partial charge in [-0.25, -0.2) is 4.98 Å². The Labute approximate surface area is 183 Å². The highest BCUT2D eigenvalue weighted by Crippen LogP contribution is 2.16. The van der Waals surface area contributed by atoms with Crippen molar-refractivity contribution in [3.63, 3.8) is 0 Å². The number of pyridine rings is 1. The number of hydrogen-bond acceptors (Lipinski definition) is 8. The maximum Gasteiger partial charge on any atom is 0.227 e. The van der Waals surface area contributed by atoms with Crippen molar-refractivity contribution in [2.75, 3.05) is 40.2 Å². The molecule has 1 amide bonds. The zero-order valence-corrected chi connectivity index (χ0v) is 18.5. The number of aromatic nitrogens is 1. The maximum absolute atomic E-state index is 11.9. The van der Waals surface area contributed by atoms with Crippen LogP contribution in [0, 0.1) is 0 Å². The van der Waals surface area contributed by atoms with Gasteiger partial charge < -0.3 is 14.9 Å². The summed E-state index contributed by atoms with van der Waals surface area (Å²) in [6.45, 7) is 0.485. The lowest BCUT2D eigenvalue weighted by molar-refractivity contribution is -0.117. The van der Waals surface area contributed by atoms with Gasteiger partial charge in [-0.15, -0.1) is 0 Å². The molecule has 0 saturated heterocycles. The zero-order chi connectivity index (χ0) is 22.6. The minimum absolute atomic E-state index is 0.133. The number of allylic oxidation sites excluding steroid dienone is 3. The summed E-state index contributed by atoms with van der Waals surface area (Å²) in [4.78, 5) is 26.2. The largest absolute Gasteiger partial charge is 0.389 e. The van der Waals surface area contributed by atoms with Crippen molar-refractivity contribution in [2.45, 2.75) is 25.9 Å². The quantitative estimate of drug-likeness (QED) is 0.252. The van der Waals surface area contributed by atoms with E-state index in [-0.39, 0.29) is 18.9 Å². The average molecular weight is 430 g/mol. The van der Waals surface area contributed by atoms with Crippen molar-refractivity contribution >= 4 is 23.3 Å². The van der Waals surface area contributed by atoms with Gasteiger partial charge in [0.25, 0.3) is 0 Å².